The van der Waals surface area contributed by atoms with Crippen LogP contribution >= 0.6 is 11.6 Å². The van der Waals surface area contributed by atoms with Crippen LogP contribution in [0.4, 0.5) is 11.6 Å². The van der Waals surface area contributed by atoms with Gasteiger partial charge in [0.05, 0.1) is 5.56 Å². The summed E-state index contributed by atoms with van der Waals surface area (Å²) in [4.78, 5) is 23.9. The largest absolute Gasteiger partial charge is 0.478 e. The van der Waals surface area contributed by atoms with Crippen molar-refractivity contribution in [1.29, 1.82) is 0 Å². The van der Waals surface area contributed by atoms with Gasteiger partial charge in [-0.2, -0.15) is 9.97 Å². The Bertz CT molecular complexity index is 1200. The molecule has 0 saturated heterocycles. The van der Waals surface area contributed by atoms with E-state index < -0.39 is 5.97 Å². The van der Waals surface area contributed by atoms with E-state index in [1.807, 2.05) is 18.2 Å². The summed E-state index contributed by atoms with van der Waals surface area (Å²) in [5, 5.41) is 12.7. The summed E-state index contributed by atoms with van der Waals surface area (Å²) in [5.74, 6) is 0.0802. The molecule has 4 aromatic rings. The van der Waals surface area contributed by atoms with Crippen molar-refractivity contribution in [3.8, 4) is 23.5 Å². The molecule has 0 amide bonds. The maximum atomic E-state index is 11.2. The minimum atomic E-state index is -1.04. The van der Waals surface area contributed by atoms with Gasteiger partial charge in [0, 0.05) is 10.7 Å². The number of benzene rings is 3. The first-order valence-electron chi connectivity index (χ1n) is 9.08. The summed E-state index contributed by atoms with van der Waals surface area (Å²) in [5.41, 5.74) is 0.603. The van der Waals surface area contributed by atoms with E-state index in [1.165, 1.54) is 12.1 Å². The lowest BCUT2D eigenvalue weighted by molar-refractivity contribution is 0.0697. The number of nitrogens with zero attached hydrogens (tertiary/aromatic N) is 3. The average molecular weight is 435 g/mol. The standard InChI is InChI=1S/C22H15ClN4O4/c23-15-9-11-18(12-10-15)31-22-26-20(24-16-6-4-5-14(13-16)19(28)29)25-21(27-22)30-17-7-2-1-3-8-17/h1-13H,(H,28,29)(H,24,25,26,27). The zero-order valence-electron chi connectivity index (χ0n) is 15.9. The zero-order valence-corrected chi connectivity index (χ0v) is 16.7. The van der Waals surface area contributed by atoms with Crippen molar-refractivity contribution in [2.45, 2.75) is 0 Å². The van der Waals surface area contributed by atoms with E-state index >= 15 is 0 Å². The van der Waals surface area contributed by atoms with E-state index in [4.69, 9.17) is 21.1 Å². The Morgan fingerprint density at radius 2 is 1.45 bits per heavy atom. The minimum Gasteiger partial charge on any atom is -0.478 e. The van der Waals surface area contributed by atoms with Crippen LogP contribution in [0.1, 0.15) is 10.4 Å². The van der Waals surface area contributed by atoms with Crippen LogP contribution in [0, 0.1) is 0 Å². The fourth-order valence-corrected chi connectivity index (χ4v) is 2.67. The number of hydrogen-bond acceptors (Lipinski definition) is 7. The third kappa shape index (κ3) is 5.46. The Morgan fingerprint density at radius 3 is 2.10 bits per heavy atom. The highest BCUT2D eigenvalue weighted by molar-refractivity contribution is 6.30. The molecule has 0 saturated carbocycles. The molecule has 0 atom stereocenters. The molecule has 0 aliphatic heterocycles. The van der Waals surface area contributed by atoms with Gasteiger partial charge in [-0.1, -0.05) is 35.9 Å². The average Bonchev–Trinajstić information content (AvgIpc) is 2.76. The molecule has 1 aromatic heterocycles. The SMILES string of the molecule is O=C(O)c1cccc(Nc2nc(Oc3ccccc3)nc(Oc3ccc(Cl)cc3)n2)c1. The van der Waals surface area contributed by atoms with Crippen LogP contribution in [0.25, 0.3) is 0 Å². The highest BCUT2D eigenvalue weighted by Gasteiger charge is 2.12. The number of rotatable bonds is 7. The number of hydrogen-bond donors (Lipinski definition) is 2. The normalized spacial score (nSPS) is 10.4. The molecule has 0 bridgehead atoms. The van der Waals surface area contributed by atoms with Crippen molar-refractivity contribution >= 4 is 29.2 Å². The summed E-state index contributed by atoms with van der Waals surface area (Å²) < 4.78 is 11.4. The molecule has 8 nitrogen and oxygen atoms in total. The van der Waals surface area contributed by atoms with Gasteiger partial charge in [0.25, 0.3) is 0 Å². The van der Waals surface area contributed by atoms with Gasteiger partial charge in [0.1, 0.15) is 11.5 Å². The van der Waals surface area contributed by atoms with Gasteiger partial charge in [-0.15, -0.1) is 4.98 Å². The number of carboxylic acid groups (broad SMARTS) is 1. The Balaban J connectivity index is 1.65. The molecule has 4 rings (SSSR count). The van der Waals surface area contributed by atoms with Crippen LogP contribution in [-0.2, 0) is 0 Å². The van der Waals surface area contributed by atoms with Crippen molar-refractivity contribution in [3.63, 3.8) is 0 Å². The van der Waals surface area contributed by atoms with Crippen molar-refractivity contribution in [3.05, 3.63) is 89.4 Å². The first-order chi connectivity index (χ1) is 15.0. The summed E-state index contributed by atoms with van der Waals surface area (Å²) >= 11 is 5.91. The van der Waals surface area contributed by atoms with Crippen LogP contribution < -0.4 is 14.8 Å². The third-order valence-electron chi connectivity index (χ3n) is 3.94. The monoisotopic (exact) mass is 434 g/mol. The van der Waals surface area contributed by atoms with E-state index in [2.05, 4.69) is 20.3 Å². The Hall–Kier alpha value is -4.17. The molecule has 0 radical (unpaired) electrons. The Kier molecular flexibility index (Phi) is 5.91. The maximum absolute atomic E-state index is 11.2. The minimum absolute atomic E-state index is 0.00190. The van der Waals surface area contributed by atoms with Crippen molar-refractivity contribution in [1.82, 2.24) is 15.0 Å². The Morgan fingerprint density at radius 1 is 0.806 bits per heavy atom. The fourth-order valence-electron chi connectivity index (χ4n) is 2.55. The van der Waals surface area contributed by atoms with E-state index in [0.717, 1.165) is 0 Å². The van der Waals surface area contributed by atoms with Gasteiger partial charge < -0.3 is 19.9 Å². The first kappa shape index (κ1) is 20.1. The second-order valence-corrected chi connectivity index (χ2v) is 6.64. The summed E-state index contributed by atoms with van der Waals surface area (Å²) in [6.07, 6.45) is 0. The second kappa shape index (κ2) is 9.10. The quantitative estimate of drug-likeness (QED) is 0.390. The first-order valence-corrected chi connectivity index (χ1v) is 9.46. The van der Waals surface area contributed by atoms with Crippen LogP contribution in [-0.4, -0.2) is 26.0 Å². The molecule has 2 N–H and O–H groups in total. The maximum Gasteiger partial charge on any atom is 0.335 e. The van der Waals surface area contributed by atoms with Gasteiger partial charge in [-0.25, -0.2) is 4.79 Å². The van der Waals surface area contributed by atoms with Gasteiger partial charge in [0.2, 0.25) is 5.95 Å². The lowest BCUT2D eigenvalue weighted by Gasteiger charge is -2.10. The molecule has 0 aliphatic carbocycles. The highest BCUT2D eigenvalue weighted by atomic mass is 35.5. The van der Waals surface area contributed by atoms with Crippen LogP contribution in [0.15, 0.2) is 78.9 Å². The van der Waals surface area contributed by atoms with Crippen LogP contribution in [0.3, 0.4) is 0 Å². The van der Waals surface area contributed by atoms with E-state index in [-0.39, 0.29) is 23.5 Å². The van der Waals surface area contributed by atoms with Gasteiger partial charge in [0.15, 0.2) is 0 Å². The van der Waals surface area contributed by atoms with Crippen molar-refractivity contribution in [2.75, 3.05) is 5.32 Å². The number of para-hydroxylation sites is 1. The molecule has 1 heterocycles. The van der Waals surface area contributed by atoms with Crippen LogP contribution in [0.5, 0.6) is 23.5 Å². The second-order valence-electron chi connectivity index (χ2n) is 6.21. The van der Waals surface area contributed by atoms with E-state index in [9.17, 15) is 9.90 Å². The fraction of sp³-hybridized carbons (Fsp3) is 0. The number of halogens is 1. The van der Waals surface area contributed by atoms with E-state index in [0.29, 0.717) is 22.2 Å². The summed E-state index contributed by atoms with van der Waals surface area (Å²) in [7, 11) is 0. The number of carboxylic acids is 1. The molecule has 154 valence electrons. The third-order valence-corrected chi connectivity index (χ3v) is 4.19. The molecule has 0 spiro atoms. The van der Waals surface area contributed by atoms with E-state index in [1.54, 1.807) is 48.5 Å². The molecule has 9 heteroatoms. The number of ether oxygens (including phenoxy) is 2. The highest BCUT2D eigenvalue weighted by Crippen LogP contribution is 2.26. The Labute approximate surface area is 182 Å². The van der Waals surface area contributed by atoms with Crippen molar-refractivity contribution in [2.24, 2.45) is 0 Å². The van der Waals surface area contributed by atoms with Crippen LogP contribution in [0.2, 0.25) is 5.02 Å². The molecular formula is C22H15ClN4O4. The molecule has 3 aromatic carbocycles. The number of nitrogens with one attached hydrogen (secondary N) is 1. The summed E-state index contributed by atoms with van der Waals surface area (Å²) in [6, 6.07) is 21.9. The van der Waals surface area contributed by atoms with Gasteiger partial charge >= 0.3 is 18.0 Å². The number of aromatic carboxylic acids is 1. The molecule has 0 unspecified atom stereocenters. The number of carbonyl (C=O) groups is 1. The number of anilines is 2. The van der Waals surface area contributed by atoms with Crippen molar-refractivity contribution < 1.29 is 19.4 Å². The molecular weight excluding hydrogens is 420 g/mol. The smallest absolute Gasteiger partial charge is 0.335 e. The predicted molar refractivity (Wildman–Crippen MR) is 115 cm³/mol. The lowest BCUT2D eigenvalue weighted by atomic mass is 10.2. The molecule has 0 fully saturated rings. The predicted octanol–water partition coefficient (Wildman–Crippen LogP) is 5.55. The number of aromatic nitrogens is 3. The van der Waals surface area contributed by atoms with Gasteiger partial charge in [-0.3, -0.25) is 0 Å². The van der Waals surface area contributed by atoms with Gasteiger partial charge in [-0.05, 0) is 54.6 Å². The summed E-state index contributed by atoms with van der Waals surface area (Å²) in [6.45, 7) is 0. The zero-order chi connectivity index (χ0) is 21.6. The molecule has 0 aliphatic rings. The molecule has 31 heavy (non-hydrogen) atoms. The lowest BCUT2D eigenvalue weighted by Crippen LogP contribution is -2.04. The topological polar surface area (TPSA) is 106 Å².